The van der Waals surface area contributed by atoms with Crippen molar-refractivity contribution in [2.75, 3.05) is 26.2 Å². The highest BCUT2D eigenvalue weighted by atomic mass is 19.4. The molecular formula is C25H22F3N5O. The van der Waals surface area contributed by atoms with Crippen molar-refractivity contribution in [1.29, 1.82) is 5.26 Å². The molecule has 0 saturated carbocycles. The van der Waals surface area contributed by atoms with Gasteiger partial charge in [-0.3, -0.25) is 19.6 Å². The van der Waals surface area contributed by atoms with Gasteiger partial charge in [-0.15, -0.1) is 0 Å². The second kappa shape index (κ2) is 8.61. The topological polar surface area (TPSA) is 62.9 Å². The molecular weight excluding hydrogens is 443 g/mol. The van der Waals surface area contributed by atoms with Crippen LogP contribution in [0.25, 0.3) is 0 Å². The zero-order chi connectivity index (χ0) is 23.9. The Labute approximate surface area is 195 Å². The standard InChI is InChI=1S/C25H22F3N5O/c26-25(27,28)20-6-4-17(5-7-20)15-33-23(34)21-16-31(14-19-3-1-2-18(12-19)13-29)10-8-22(21)32-11-9-30-24(32)33/h1-7,12H,8-11,14-16H2. The monoisotopic (exact) mass is 465 g/mol. The second-order valence-corrected chi connectivity index (χ2v) is 8.62. The third-order valence-corrected chi connectivity index (χ3v) is 6.37. The smallest absolute Gasteiger partial charge is 0.314 e. The first-order valence-corrected chi connectivity index (χ1v) is 11.1. The fourth-order valence-electron chi connectivity index (χ4n) is 4.73. The van der Waals surface area contributed by atoms with Gasteiger partial charge in [0, 0.05) is 38.3 Å². The minimum absolute atomic E-state index is 0.151. The summed E-state index contributed by atoms with van der Waals surface area (Å²) in [6.07, 6.45) is -3.68. The number of fused-ring (bicyclic) bond motifs is 2. The van der Waals surface area contributed by atoms with Crippen LogP contribution in [0.4, 0.5) is 13.2 Å². The summed E-state index contributed by atoms with van der Waals surface area (Å²) in [7, 11) is 0. The molecule has 1 amide bonds. The number of benzene rings is 2. The van der Waals surface area contributed by atoms with Crippen molar-refractivity contribution in [3.05, 3.63) is 82.1 Å². The zero-order valence-electron chi connectivity index (χ0n) is 18.3. The summed E-state index contributed by atoms with van der Waals surface area (Å²) < 4.78 is 38.8. The lowest BCUT2D eigenvalue weighted by Crippen LogP contribution is -2.53. The Kier molecular flexibility index (Phi) is 5.62. The van der Waals surface area contributed by atoms with Gasteiger partial charge in [0.15, 0.2) is 0 Å². The van der Waals surface area contributed by atoms with Gasteiger partial charge in [-0.2, -0.15) is 18.4 Å². The van der Waals surface area contributed by atoms with E-state index in [9.17, 15) is 18.0 Å². The number of hydrogen-bond donors (Lipinski definition) is 0. The number of aliphatic imine (C=N–C) groups is 1. The molecule has 0 saturated heterocycles. The number of alkyl halides is 3. The number of carbonyl (C=O) groups is 1. The molecule has 0 unspecified atom stereocenters. The van der Waals surface area contributed by atoms with Gasteiger partial charge >= 0.3 is 6.18 Å². The normalized spacial score (nSPS) is 18.5. The molecule has 2 aromatic rings. The van der Waals surface area contributed by atoms with Crippen LogP contribution in [-0.2, 0) is 24.1 Å². The first kappa shape index (κ1) is 22.2. The van der Waals surface area contributed by atoms with Crippen LogP contribution >= 0.6 is 0 Å². The van der Waals surface area contributed by atoms with Gasteiger partial charge < -0.3 is 4.90 Å². The van der Waals surface area contributed by atoms with Gasteiger partial charge in [-0.05, 0) is 35.4 Å². The zero-order valence-corrected chi connectivity index (χ0v) is 18.3. The van der Waals surface area contributed by atoms with E-state index in [1.165, 1.54) is 12.1 Å². The number of carbonyl (C=O) groups excluding carboxylic acids is 1. The summed E-state index contributed by atoms with van der Waals surface area (Å²) in [6, 6.07) is 14.5. The molecule has 0 N–H and O–H groups in total. The van der Waals surface area contributed by atoms with Crippen LogP contribution in [0.15, 0.2) is 64.8 Å². The highest BCUT2D eigenvalue weighted by molar-refractivity contribution is 6.09. The van der Waals surface area contributed by atoms with Gasteiger partial charge in [0.05, 0.1) is 35.9 Å². The molecule has 34 heavy (non-hydrogen) atoms. The van der Waals surface area contributed by atoms with Crippen molar-refractivity contribution in [1.82, 2.24) is 14.7 Å². The fourth-order valence-corrected chi connectivity index (χ4v) is 4.73. The Morgan fingerprint density at radius 1 is 1.03 bits per heavy atom. The van der Waals surface area contributed by atoms with Crippen LogP contribution in [0, 0.1) is 11.3 Å². The molecule has 3 heterocycles. The Bertz CT molecular complexity index is 1230. The lowest BCUT2D eigenvalue weighted by Gasteiger charge is -2.42. The average molecular weight is 465 g/mol. The summed E-state index contributed by atoms with van der Waals surface area (Å²) in [6.45, 7) is 3.30. The summed E-state index contributed by atoms with van der Waals surface area (Å²) in [5.41, 5.74) is 3.21. The van der Waals surface area contributed by atoms with E-state index in [0.29, 0.717) is 55.3 Å². The van der Waals surface area contributed by atoms with E-state index in [0.717, 1.165) is 29.9 Å². The van der Waals surface area contributed by atoms with E-state index in [1.807, 2.05) is 18.2 Å². The Hall–Kier alpha value is -3.64. The predicted octanol–water partition coefficient (Wildman–Crippen LogP) is 3.75. The summed E-state index contributed by atoms with van der Waals surface area (Å²) in [4.78, 5) is 23.9. The molecule has 0 atom stereocenters. The molecule has 6 nitrogen and oxygen atoms in total. The van der Waals surface area contributed by atoms with Crippen LogP contribution in [0.2, 0.25) is 0 Å². The van der Waals surface area contributed by atoms with Crippen LogP contribution in [-0.4, -0.2) is 52.7 Å². The van der Waals surface area contributed by atoms with Crippen molar-refractivity contribution in [2.45, 2.75) is 25.7 Å². The number of halogens is 3. The van der Waals surface area contributed by atoms with Crippen LogP contribution < -0.4 is 0 Å². The van der Waals surface area contributed by atoms with E-state index in [-0.39, 0.29) is 12.5 Å². The summed E-state index contributed by atoms with van der Waals surface area (Å²) in [5.74, 6) is 0.432. The summed E-state index contributed by atoms with van der Waals surface area (Å²) >= 11 is 0. The van der Waals surface area contributed by atoms with Crippen molar-refractivity contribution in [3.63, 3.8) is 0 Å². The average Bonchev–Trinajstić information content (AvgIpc) is 3.31. The maximum absolute atomic E-state index is 13.5. The first-order valence-electron chi connectivity index (χ1n) is 11.1. The lowest BCUT2D eigenvalue weighted by atomic mass is 9.99. The van der Waals surface area contributed by atoms with Gasteiger partial charge in [-0.1, -0.05) is 24.3 Å². The molecule has 0 aromatic heterocycles. The quantitative estimate of drug-likeness (QED) is 0.690. The van der Waals surface area contributed by atoms with Gasteiger partial charge in [0.1, 0.15) is 0 Å². The molecule has 0 bridgehead atoms. The lowest BCUT2D eigenvalue weighted by molar-refractivity contribution is -0.137. The third kappa shape index (κ3) is 4.17. The van der Waals surface area contributed by atoms with Gasteiger partial charge in [0.25, 0.3) is 5.91 Å². The minimum atomic E-state index is -4.40. The molecule has 0 radical (unpaired) electrons. The molecule has 3 aliphatic heterocycles. The van der Waals surface area contributed by atoms with E-state index < -0.39 is 11.7 Å². The van der Waals surface area contributed by atoms with Crippen molar-refractivity contribution in [2.24, 2.45) is 4.99 Å². The van der Waals surface area contributed by atoms with E-state index in [2.05, 4.69) is 20.9 Å². The maximum atomic E-state index is 13.5. The predicted molar refractivity (Wildman–Crippen MR) is 119 cm³/mol. The molecule has 5 rings (SSSR count). The largest absolute Gasteiger partial charge is 0.416 e. The molecule has 0 fully saturated rings. The molecule has 3 aliphatic rings. The van der Waals surface area contributed by atoms with E-state index in [1.54, 1.807) is 11.0 Å². The van der Waals surface area contributed by atoms with Gasteiger partial charge in [-0.25, -0.2) is 0 Å². The Balaban J connectivity index is 1.37. The highest BCUT2D eigenvalue weighted by Crippen LogP contribution is 2.33. The SMILES string of the molecule is N#Cc1cccc(CN2CCC3=C(C2)C(=O)N(Cc2ccc(C(F)(F)F)cc2)C2=NCCN23)c1. The Morgan fingerprint density at radius 3 is 2.56 bits per heavy atom. The molecule has 174 valence electrons. The number of guanidine groups is 1. The molecule has 0 aliphatic carbocycles. The third-order valence-electron chi connectivity index (χ3n) is 6.37. The minimum Gasteiger partial charge on any atom is -0.314 e. The van der Waals surface area contributed by atoms with E-state index >= 15 is 0 Å². The maximum Gasteiger partial charge on any atom is 0.416 e. The first-order chi connectivity index (χ1) is 16.3. The molecule has 9 heteroatoms. The highest BCUT2D eigenvalue weighted by Gasteiger charge is 2.41. The molecule has 0 spiro atoms. The van der Waals surface area contributed by atoms with Crippen molar-refractivity contribution >= 4 is 11.9 Å². The van der Waals surface area contributed by atoms with Crippen LogP contribution in [0.3, 0.4) is 0 Å². The number of hydrogen-bond acceptors (Lipinski definition) is 5. The van der Waals surface area contributed by atoms with Crippen molar-refractivity contribution < 1.29 is 18.0 Å². The van der Waals surface area contributed by atoms with E-state index in [4.69, 9.17) is 5.26 Å². The number of amides is 1. The summed E-state index contributed by atoms with van der Waals surface area (Å²) in [5, 5.41) is 9.16. The number of rotatable bonds is 4. The van der Waals surface area contributed by atoms with Crippen LogP contribution in [0.5, 0.6) is 0 Å². The second-order valence-electron chi connectivity index (χ2n) is 8.62. The fraction of sp³-hybridized carbons (Fsp3) is 0.320. The molecule has 2 aromatic carbocycles. The van der Waals surface area contributed by atoms with Crippen LogP contribution in [0.1, 0.15) is 28.7 Å². The van der Waals surface area contributed by atoms with Gasteiger partial charge in [0.2, 0.25) is 5.96 Å². The number of nitriles is 1. The van der Waals surface area contributed by atoms with Crippen molar-refractivity contribution in [3.8, 4) is 6.07 Å². The number of nitrogens with zero attached hydrogens (tertiary/aromatic N) is 5. The Morgan fingerprint density at radius 2 is 1.82 bits per heavy atom.